The quantitative estimate of drug-likeness (QED) is 0.373. The second kappa shape index (κ2) is 14.0. The van der Waals surface area contributed by atoms with Gasteiger partial charge in [0.2, 0.25) is 23.6 Å². The lowest BCUT2D eigenvalue weighted by atomic mass is 10.1. The summed E-state index contributed by atoms with van der Waals surface area (Å²) in [5.74, 6) is -0.661. The van der Waals surface area contributed by atoms with Crippen LogP contribution in [0.25, 0.3) is 6.08 Å². The van der Waals surface area contributed by atoms with Crippen LogP contribution in [0, 0.1) is 0 Å². The van der Waals surface area contributed by atoms with Crippen molar-refractivity contribution in [3.63, 3.8) is 0 Å². The monoisotopic (exact) mass is 548 g/mol. The van der Waals surface area contributed by atoms with E-state index in [-0.39, 0.29) is 25.0 Å². The maximum Gasteiger partial charge on any atom is 0.244 e. The number of aromatic nitrogens is 3. The van der Waals surface area contributed by atoms with Crippen LogP contribution in [0.3, 0.4) is 0 Å². The Morgan fingerprint density at radius 3 is 2.54 bits per heavy atom. The highest BCUT2D eigenvalue weighted by Gasteiger charge is 2.26. The molecule has 0 unspecified atom stereocenters. The fourth-order valence-electron chi connectivity index (χ4n) is 4.04. The summed E-state index contributed by atoms with van der Waals surface area (Å²) >= 11 is 5.90. The molecule has 1 aliphatic rings. The maximum atomic E-state index is 13.0. The van der Waals surface area contributed by atoms with Gasteiger partial charge in [0.25, 0.3) is 0 Å². The van der Waals surface area contributed by atoms with Crippen LogP contribution in [-0.4, -0.2) is 69.4 Å². The third kappa shape index (κ3) is 8.89. The van der Waals surface area contributed by atoms with E-state index in [0.29, 0.717) is 42.5 Å². The molecule has 11 heteroatoms. The minimum atomic E-state index is -0.916. The zero-order valence-electron chi connectivity index (χ0n) is 21.2. The Kier molecular flexibility index (Phi) is 9.96. The summed E-state index contributed by atoms with van der Waals surface area (Å²) in [5, 5.41) is 5.99. The van der Waals surface area contributed by atoms with E-state index in [2.05, 4.69) is 25.6 Å². The molecule has 1 fully saturated rings. The number of ether oxygens (including phenoxy) is 1. The van der Waals surface area contributed by atoms with Crippen molar-refractivity contribution in [1.82, 2.24) is 30.5 Å². The number of benzene rings is 1. The van der Waals surface area contributed by atoms with Crippen LogP contribution >= 0.6 is 11.6 Å². The van der Waals surface area contributed by atoms with E-state index >= 15 is 0 Å². The fraction of sp³-hybridized carbons (Fsp3) is 0.286. The van der Waals surface area contributed by atoms with Crippen molar-refractivity contribution >= 4 is 35.4 Å². The highest BCUT2D eigenvalue weighted by molar-refractivity contribution is 6.30. The first-order valence-corrected chi connectivity index (χ1v) is 13.0. The van der Waals surface area contributed by atoms with Crippen LogP contribution in [0.4, 0.5) is 0 Å². The Labute approximate surface area is 231 Å². The number of pyridine rings is 1. The zero-order valence-corrected chi connectivity index (χ0v) is 22.0. The lowest BCUT2D eigenvalue weighted by molar-refractivity contribution is -0.135. The van der Waals surface area contributed by atoms with Crippen LogP contribution in [0.15, 0.2) is 73.3 Å². The minimum absolute atomic E-state index is 0.0563. The van der Waals surface area contributed by atoms with Gasteiger partial charge < -0.3 is 20.3 Å². The summed E-state index contributed by atoms with van der Waals surface area (Å²) in [5.41, 5.74) is 1.42. The van der Waals surface area contributed by atoms with E-state index in [1.54, 1.807) is 78.2 Å². The Bertz CT molecular complexity index is 1270. The summed E-state index contributed by atoms with van der Waals surface area (Å²) in [7, 11) is 0. The van der Waals surface area contributed by atoms with Crippen molar-refractivity contribution in [3.8, 4) is 5.88 Å². The number of carbonyl (C=O) groups is 3. The van der Waals surface area contributed by atoms with Gasteiger partial charge in [0.05, 0.1) is 12.7 Å². The van der Waals surface area contributed by atoms with E-state index in [1.165, 1.54) is 6.08 Å². The molecule has 0 saturated carbocycles. The van der Waals surface area contributed by atoms with Crippen molar-refractivity contribution in [2.24, 2.45) is 0 Å². The molecule has 1 atom stereocenters. The van der Waals surface area contributed by atoms with Crippen molar-refractivity contribution < 1.29 is 19.1 Å². The number of halogens is 1. The number of nitrogens with one attached hydrogen (secondary N) is 2. The van der Waals surface area contributed by atoms with Crippen LogP contribution in [-0.2, 0) is 20.8 Å². The number of hydrogen-bond donors (Lipinski definition) is 2. The molecule has 39 heavy (non-hydrogen) atoms. The zero-order chi connectivity index (χ0) is 27.5. The Hall–Kier alpha value is -4.31. The topological polar surface area (TPSA) is 126 Å². The minimum Gasteiger partial charge on any atom is -0.473 e. The molecule has 2 N–H and O–H groups in total. The summed E-state index contributed by atoms with van der Waals surface area (Å²) in [6.07, 6.45) is 10.7. The van der Waals surface area contributed by atoms with Gasteiger partial charge in [-0.3, -0.25) is 24.4 Å². The summed E-state index contributed by atoms with van der Waals surface area (Å²) in [6.45, 7) is 0.830. The van der Waals surface area contributed by atoms with Gasteiger partial charge >= 0.3 is 0 Å². The number of hydrogen-bond acceptors (Lipinski definition) is 7. The molecule has 0 bridgehead atoms. The number of amides is 3. The van der Waals surface area contributed by atoms with E-state index in [4.69, 9.17) is 16.3 Å². The third-order valence-electron chi connectivity index (χ3n) is 6.10. The highest BCUT2D eigenvalue weighted by Crippen LogP contribution is 2.16. The first-order valence-electron chi connectivity index (χ1n) is 12.6. The molecule has 10 nitrogen and oxygen atoms in total. The molecular weight excluding hydrogens is 520 g/mol. The van der Waals surface area contributed by atoms with Gasteiger partial charge in [-0.05, 0) is 35.9 Å². The first-order chi connectivity index (χ1) is 19.0. The van der Waals surface area contributed by atoms with Crippen molar-refractivity contribution in [2.75, 3.05) is 19.6 Å². The molecule has 3 heterocycles. The van der Waals surface area contributed by atoms with Crippen LogP contribution < -0.4 is 15.4 Å². The number of carbonyl (C=O) groups excluding carboxylic acids is 3. The number of piperidine rings is 1. The van der Waals surface area contributed by atoms with Crippen LogP contribution in [0.1, 0.15) is 24.1 Å². The lowest BCUT2D eigenvalue weighted by Crippen LogP contribution is -2.51. The molecule has 3 aromatic rings. The standard InChI is InChI=1S/C28H29ClN6O4/c29-21-7-4-20(5-8-21)6-9-25(36)34-24(17-22-3-1-2-12-31-22)28(38)33-19-27(37)35-15-10-23(11-16-35)39-26-18-30-13-14-32-26/h1-9,12-14,18,23-24H,10-11,15-17,19H2,(H,33,38)(H,34,36)/t24-/m0/s1. The van der Waals surface area contributed by atoms with Gasteiger partial charge in [-0.1, -0.05) is 29.8 Å². The second-order valence-corrected chi connectivity index (χ2v) is 9.37. The van der Waals surface area contributed by atoms with Gasteiger partial charge in [0, 0.05) is 67.7 Å². The lowest BCUT2D eigenvalue weighted by Gasteiger charge is -2.32. The van der Waals surface area contributed by atoms with Crippen LogP contribution in [0.5, 0.6) is 5.88 Å². The van der Waals surface area contributed by atoms with Crippen LogP contribution in [0.2, 0.25) is 5.02 Å². The summed E-state index contributed by atoms with van der Waals surface area (Å²) in [6, 6.07) is 11.4. The van der Waals surface area contributed by atoms with E-state index in [1.807, 2.05) is 0 Å². The number of nitrogens with zero attached hydrogens (tertiary/aromatic N) is 4. The van der Waals surface area contributed by atoms with Gasteiger partial charge in [0.1, 0.15) is 12.1 Å². The molecule has 202 valence electrons. The molecule has 1 saturated heterocycles. The van der Waals surface area contributed by atoms with Crippen molar-refractivity contribution in [1.29, 1.82) is 0 Å². The van der Waals surface area contributed by atoms with Crippen molar-refractivity contribution in [3.05, 3.63) is 89.6 Å². The molecule has 0 radical (unpaired) electrons. The normalized spacial score (nSPS) is 14.5. The smallest absolute Gasteiger partial charge is 0.244 e. The maximum absolute atomic E-state index is 13.0. The molecule has 1 aromatic carbocycles. The predicted octanol–water partition coefficient (Wildman–Crippen LogP) is 2.45. The molecule has 0 spiro atoms. The highest BCUT2D eigenvalue weighted by atomic mass is 35.5. The van der Waals surface area contributed by atoms with Gasteiger partial charge in [-0.15, -0.1) is 0 Å². The largest absolute Gasteiger partial charge is 0.473 e. The second-order valence-electron chi connectivity index (χ2n) is 8.93. The first kappa shape index (κ1) is 27.7. The summed E-state index contributed by atoms with van der Waals surface area (Å²) in [4.78, 5) is 52.5. The summed E-state index contributed by atoms with van der Waals surface area (Å²) < 4.78 is 5.82. The van der Waals surface area contributed by atoms with E-state index < -0.39 is 17.9 Å². The molecule has 3 amide bonds. The molecule has 0 aliphatic carbocycles. The number of rotatable bonds is 10. The SMILES string of the molecule is O=C(C=Cc1ccc(Cl)cc1)N[C@@H](Cc1ccccn1)C(=O)NCC(=O)N1CCC(Oc2cnccn2)CC1. The average molecular weight is 549 g/mol. The molecule has 4 rings (SSSR count). The predicted molar refractivity (Wildman–Crippen MR) is 146 cm³/mol. The average Bonchev–Trinajstić information content (AvgIpc) is 2.96. The van der Waals surface area contributed by atoms with Crippen molar-refractivity contribution in [2.45, 2.75) is 31.4 Å². The molecule has 1 aliphatic heterocycles. The Balaban J connectivity index is 1.29. The Morgan fingerprint density at radius 2 is 1.85 bits per heavy atom. The fourth-order valence-corrected chi connectivity index (χ4v) is 4.17. The van der Waals surface area contributed by atoms with Gasteiger partial charge in [-0.25, -0.2) is 4.98 Å². The Morgan fingerprint density at radius 1 is 1.05 bits per heavy atom. The molecule has 2 aromatic heterocycles. The van der Waals surface area contributed by atoms with Gasteiger partial charge in [0.15, 0.2) is 0 Å². The van der Waals surface area contributed by atoms with Gasteiger partial charge in [-0.2, -0.15) is 0 Å². The third-order valence-corrected chi connectivity index (χ3v) is 6.36. The molecular formula is C28H29ClN6O4. The van der Waals surface area contributed by atoms with E-state index in [9.17, 15) is 14.4 Å². The van der Waals surface area contributed by atoms with E-state index in [0.717, 1.165) is 5.56 Å². The number of likely N-dealkylation sites (tertiary alicyclic amines) is 1.